The van der Waals surface area contributed by atoms with Crippen LogP contribution in [0.15, 0.2) is 91.0 Å². The zero-order valence-corrected chi connectivity index (χ0v) is 21.3. The zero-order valence-electron chi connectivity index (χ0n) is 20.6. The minimum atomic E-state index is -1.28. The van der Waals surface area contributed by atoms with Gasteiger partial charge in [-0.25, -0.2) is 0 Å². The maximum atomic E-state index is 14.6. The number of imide groups is 1. The van der Waals surface area contributed by atoms with E-state index in [1.165, 1.54) is 7.11 Å². The summed E-state index contributed by atoms with van der Waals surface area (Å²) >= 11 is 6.41. The van der Waals surface area contributed by atoms with Crippen molar-refractivity contribution in [1.82, 2.24) is 5.01 Å². The van der Waals surface area contributed by atoms with Crippen molar-refractivity contribution < 1.29 is 19.4 Å². The maximum Gasteiger partial charge on any atom is 0.260 e. The minimum absolute atomic E-state index is 0.0921. The molecule has 3 aromatic rings. The van der Waals surface area contributed by atoms with Gasteiger partial charge in [-0.2, -0.15) is 5.01 Å². The number of rotatable bonds is 6. The number of hydrogen-bond acceptors (Lipinski definition) is 5. The molecule has 0 unspecified atom stereocenters. The van der Waals surface area contributed by atoms with Gasteiger partial charge >= 0.3 is 0 Å². The third-order valence-corrected chi connectivity index (χ3v) is 7.67. The molecule has 1 aliphatic carbocycles. The Hall–Kier alpha value is -4.03. The van der Waals surface area contributed by atoms with Gasteiger partial charge in [-0.05, 0) is 54.3 Å². The Balaban J connectivity index is 1.75. The number of methoxy groups -OCH3 is 1. The van der Waals surface area contributed by atoms with E-state index in [1.54, 1.807) is 18.2 Å². The summed E-state index contributed by atoms with van der Waals surface area (Å²) in [5, 5.41) is 11.6. The van der Waals surface area contributed by atoms with Gasteiger partial charge in [0.2, 0.25) is 0 Å². The summed E-state index contributed by atoms with van der Waals surface area (Å²) in [5.74, 6) is -1.96. The van der Waals surface area contributed by atoms with Gasteiger partial charge in [0.25, 0.3) is 11.8 Å². The molecule has 0 radical (unpaired) electrons. The zero-order chi connectivity index (χ0) is 26.3. The number of hydrazine groups is 1. The number of hydrogen-bond donors (Lipinski definition) is 2. The summed E-state index contributed by atoms with van der Waals surface area (Å²) in [6, 6.07) is 20.2. The third kappa shape index (κ3) is 3.80. The number of phenols is 1. The first-order valence-corrected chi connectivity index (χ1v) is 12.4. The molecule has 1 aliphatic heterocycles. The molecule has 3 atom stereocenters. The number of carbonyl (C=O) groups is 2. The number of allylic oxidation sites excluding steroid dienone is 3. The Morgan fingerprint density at radius 3 is 2.49 bits per heavy atom. The van der Waals surface area contributed by atoms with E-state index in [-0.39, 0.29) is 28.3 Å². The molecule has 1 fully saturated rings. The molecule has 6 nitrogen and oxygen atoms in total. The van der Waals surface area contributed by atoms with Crippen molar-refractivity contribution in [1.29, 1.82) is 0 Å². The van der Waals surface area contributed by atoms with E-state index in [4.69, 9.17) is 16.3 Å². The molecule has 0 aromatic heterocycles. The highest BCUT2D eigenvalue weighted by atomic mass is 35.5. The van der Waals surface area contributed by atoms with Crippen molar-refractivity contribution >= 4 is 29.1 Å². The number of carbonyl (C=O) groups excluding carboxylic acids is 2. The Morgan fingerprint density at radius 2 is 1.84 bits per heavy atom. The quantitative estimate of drug-likeness (QED) is 0.400. The van der Waals surface area contributed by atoms with Crippen LogP contribution in [0.4, 0.5) is 5.69 Å². The summed E-state index contributed by atoms with van der Waals surface area (Å²) in [6.07, 6.45) is 4.04. The van der Waals surface area contributed by atoms with Gasteiger partial charge in [0.05, 0.1) is 29.2 Å². The summed E-state index contributed by atoms with van der Waals surface area (Å²) < 4.78 is 5.38. The first kappa shape index (κ1) is 24.7. The number of amides is 2. The molecule has 3 aromatic carbocycles. The molecular weight excluding hydrogens is 488 g/mol. The van der Waals surface area contributed by atoms with Crippen molar-refractivity contribution in [3.05, 3.63) is 113 Å². The van der Waals surface area contributed by atoms with Crippen LogP contribution in [-0.2, 0) is 15.0 Å². The molecule has 1 heterocycles. The number of anilines is 1. The monoisotopic (exact) mass is 514 g/mol. The van der Waals surface area contributed by atoms with Crippen LogP contribution in [-0.4, -0.2) is 29.0 Å². The average molecular weight is 515 g/mol. The summed E-state index contributed by atoms with van der Waals surface area (Å²) in [5.41, 5.74) is 5.63. The van der Waals surface area contributed by atoms with E-state index in [1.807, 2.05) is 67.6 Å². The number of ether oxygens (including phenoxy) is 1. The van der Waals surface area contributed by atoms with Crippen LogP contribution < -0.4 is 10.2 Å². The second-order valence-electron chi connectivity index (χ2n) is 9.37. The van der Waals surface area contributed by atoms with Crippen molar-refractivity contribution in [2.45, 2.75) is 24.7 Å². The van der Waals surface area contributed by atoms with Crippen LogP contribution in [0.1, 0.15) is 29.0 Å². The standard InChI is InChI=1S/C30H27ClN2O4/c1-4-19-12-15-23-28(35)33(32-22-13-10-18(2)11-14-22)29(36)30(23,21-8-6-5-7-9-21)26(19)20-16-24(31)27(34)25(17-20)37-3/h4-14,16-17,23,26,32,34H,1,15H2,2-3H3/t23-,26+,30+/m0/s1. The van der Waals surface area contributed by atoms with Gasteiger partial charge in [-0.15, -0.1) is 0 Å². The number of halogens is 1. The fourth-order valence-corrected chi connectivity index (χ4v) is 5.89. The minimum Gasteiger partial charge on any atom is -0.503 e. The highest BCUT2D eigenvalue weighted by molar-refractivity contribution is 6.32. The lowest BCUT2D eigenvalue weighted by Gasteiger charge is -2.43. The lowest BCUT2D eigenvalue weighted by Crippen LogP contribution is -2.48. The average Bonchev–Trinajstić information content (AvgIpc) is 3.13. The fourth-order valence-electron chi connectivity index (χ4n) is 5.67. The van der Waals surface area contributed by atoms with Crippen molar-refractivity contribution in [3.8, 4) is 11.5 Å². The molecule has 37 heavy (non-hydrogen) atoms. The van der Waals surface area contributed by atoms with Gasteiger partial charge in [0, 0.05) is 5.92 Å². The number of aromatic hydroxyl groups is 1. The predicted molar refractivity (Wildman–Crippen MR) is 144 cm³/mol. The van der Waals surface area contributed by atoms with Crippen molar-refractivity contribution in [2.75, 3.05) is 12.5 Å². The van der Waals surface area contributed by atoms with Crippen LogP contribution in [0.2, 0.25) is 5.02 Å². The SMILES string of the molecule is C=CC1=CC[C@H]2C(=O)N(Nc3ccc(C)cc3)C(=O)[C@@]2(c2ccccc2)[C@H]1c1cc(Cl)c(O)c(OC)c1. The van der Waals surface area contributed by atoms with E-state index >= 15 is 0 Å². The van der Waals surface area contributed by atoms with Crippen LogP contribution in [0.25, 0.3) is 0 Å². The van der Waals surface area contributed by atoms with Crippen molar-refractivity contribution in [2.24, 2.45) is 5.92 Å². The van der Waals surface area contributed by atoms with Gasteiger partial charge in [0.1, 0.15) is 0 Å². The predicted octanol–water partition coefficient (Wildman–Crippen LogP) is 5.91. The van der Waals surface area contributed by atoms with Crippen LogP contribution in [0, 0.1) is 12.8 Å². The molecule has 0 saturated carbocycles. The molecule has 2 amide bonds. The summed E-state index contributed by atoms with van der Waals surface area (Å²) in [6.45, 7) is 5.98. The number of nitrogens with one attached hydrogen (secondary N) is 1. The molecular formula is C30H27ClN2O4. The number of benzene rings is 3. The van der Waals surface area contributed by atoms with Gasteiger partial charge < -0.3 is 9.84 Å². The topological polar surface area (TPSA) is 78.9 Å². The van der Waals surface area contributed by atoms with Gasteiger partial charge in [-0.1, -0.05) is 78.4 Å². The summed E-state index contributed by atoms with van der Waals surface area (Å²) in [4.78, 5) is 28.5. The summed E-state index contributed by atoms with van der Waals surface area (Å²) in [7, 11) is 1.44. The molecule has 2 aliphatic rings. The Morgan fingerprint density at radius 1 is 1.14 bits per heavy atom. The van der Waals surface area contributed by atoms with E-state index in [9.17, 15) is 14.7 Å². The van der Waals surface area contributed by atoms with E-state index in [2.05, 4.69) is 12.0 Å². The van der Waals surface area contributed by atoms with Crippen molar-refractivity contribution in [3.63, 3.8) is 0 Å². The first-order chi connectivity index (χ1) is 17.8. The highest BCUT2D eigenvalue weighted by Crippen LogP contribution is 2.58. The van der Waals surface area contributed by atoms with E-state index in [0.29, 0.717) is 23.2 Å². The second-order valence-corrected chi connectivity index (χ2v) is 9.78. The number of phenolic OH excluding ortho intramolecular Hbond substituents is 1. The lowest BCUT2D eigenvalue weighted by atomic mass is 9.56. The Kier molecular flexibility index (Phi) is 6.30. The number of aryl methyl sites for hydroxylation is 1. The number of nitrogens with zero attached hydrogens (tertiary/aromatic N) is 1. The van der Waals surface area contributed by atoms with Crippen LogP contribution in [0.5, 0.6) is 11.5 Å². The van der Waals surface area contributed by atoms with Crippen LogP contribution >= 0.6 is 11.6 Å². The third-order valence-electron chi connectivity index (χ3n) is 7.39. The van der Waals surface area contributed by atoms with Crippen LogP contribution in [0.3, 0.4) is 0 Å². The maximum absolute atomic E-state index is 14.6. The van der Waals surface area contributed by atoms with E-state index in [0.717, 1.165) is 16.1 Å². The first-order valence-electron chi connectivity index (χ1n) is 12.0. The largest absolute Gasteiger partial charge is 0.503 e. The molecule has 0 spiro atoms. The molecule has 188 valence electrons. The molecule has 2 N–H and O–H groups in total. The van der Waals surface area contributed by atoms with Gasteiger partial charge in [-0.3, -0.25) is 15.0 Å². The van der Waals surface area contributed by atoms with Gasteiger partial charge in [0.15, 0.2) is 11.5 Å². The molecule has 7 heteroatoms. The Labute approximate surface area is 220 Å². The normalized spacial score (nSPS) is 22.9. The number of fused-ring (bicyclic) bond motifs is 1. The lowest BCUT2D eigenvalue weighted by molar-refractivity contribution is -0.138. The second kappa shape index (κ2) is 9.45. The molecule has 0 bridgehead atoms. The fraction of sp³-hybridized carbons (Fsp3) is 0.200. The molecule has 1 saturated heterocycles. The van der Waals surface area contributed by atoms with E-state index < -0.39 is 17.3 Å². The molecule has 5 rings (SSSR count). The highest BCUT2D eigenvalue weighted by Gasteiger charge is 2.65. The smallest absolute Gasteiger partial charge is 0.260 e. The Bertz CT molecular complexity index is 1420.